The molecule has 3 aromatic heterocycles. The predicted molar refractivity (Wildman–Crippen MR) is 123 cm³/mol. The number of aromatic nitrogens is 4. The second kappa shape index (κ2) is 8.22. The maximum absolute atomic E-state index is 13.4. The van der Waals surface area contributed by atoms with Gasteiger partial charge in [-0.05, 0) is 42.8 Å². The van der Waals surface area contributed by atoms with Crippen LogP contribution in [-0.2, 0) is 6.54 Å². The van der Waals surface area contributed by atoms with Crippen LogP contribution in [0.5, 0.6) is 0 Å². The van der Waals surface area contributed by atoms with Crippen LogP contribution in [0.1, 0.15) is 27.5 Å². The van der Waals surface area contributed by atoms with Gasteiger partial charge in [-0.15, -0.1) is 10.2 Å². The van der Waals surface area contributed by atoms with Crippen molar-refractivity contribution in [2.75, 3.05) is 0 Å². The van der Waals surface area contributed by atoms with Crippen molar-refractivity contribution in [1.82, 2.24) is 19.7 Å². The predicted octanol–water partition coefficient (Wildman–Crippen LogP) is 5.98. The monoisotopic (exact) mass is 462 g/mol. The highest BCUT2D eigenvalue weighted by atomic mass is 35.5. The number of nitrogens with zero attached hydrogens (tertiary/aromatic N) is 4. The molecule has 32 heavy (non-hydrogen) atoms. The Morgan fingerprint density at radius 3 is 2.62 bits per heavy atom. The van der Waals surface area contributed by atoms with Crippen LogP contribution in [0.3, 0.4) is 0 Å². The van der Waals surface area contributed by atoms with Gasteiger partial charge in [0.25, 0.3) is 17.6 Å². The van der Waals surface area contributed by atoms with Gasteiger partial charge in [0, 0.05) is 39.4 Å². The van der Waals surface area contributed by atoms with Gasteiger partial charge in [0.15, 0.2) is 0 Å². The van der Waals surface area contributed by atoms with Crippen LogP contribution >= 0.6 is 23.2 Å². The minimum atomic E-state index is -0.339. The highest BCUT2D eigenvalue weighted by Gasteiger charge is 2.26. The molecule has 0 spiro atoms. The maximum Gasteiger partial charge on any atom is 0.289 e. The second-order valence-corrected chi connectivity index (χ2v) is 8.10. The summed E-state index contributed by atoms with van der Waals surface area (Å²) in [7, 11) is 0. The van der Waals surface area contributed by atoms with Crippen molar-refractivity contribution in [2.24, 2.45) is 0 Å². The summed E-state index contributed by atoms with van der Waals surface area (Å²) < 4.78 is 7.72. The molecular weight excluding hydrogens is 447 g/mol. The summed E-state index contributed by atoms with van der Waals surface area (Å²) in [5.74, 6) is -0.223. The van der Waals surface area contributed by atoms with Crippen molar-refractivity contribution in [3.63, 3.8) is 0 Å². The Labute approximate surface area is 193 Å². The van der Waals surface area contributed by atoms with Gasteiger partial charge in [-0.1, -0.05) is 53.5 Å². The third-order valence-corrected chi connectivity index (χ3v) is 5.89. The van der Waals surface area contributed by atoms with Gasteiger partial charge in [-0.25, -0.2) is 0 Å². The normalized spacial score (nSPS) is 11.2. The van der Waals surface area contributed by atoms with Crippen LogP contribution in [0.4, 0.5) is 0 Å². The molecule has 0 bridgehead atoms. The Hall–Kier alpha value is -3.48. The fourth-order valence-corrected chi connectivity index (χ4v) is 4.22. The number of para-hydroxylation sites is 1. The standard InChI is InChI=1S/C24H16Cl2N4O2/c1-14-21(22(31)24-29-28-23(32-24)19-7-4-5-11-27-19)17-6-2-3-8-20(17)30(14)13-15-9-10-16(25)12-18(15)26/h2-12H,13H2,1H3. The summed E-state index contributed by atoms with van der Waals surface area (Å²) in [6.07, 6.45) is 1.63. The molecule has 0 saturated carbocycles. The van der Waals surface area contributed by atoms with Gasteiger partial charge in [-0.2, -0.15) is 0 Å². The zero-order chi connectivity index (χ0) is 22.2. The average Bonchev–Trinajstić information content (AvgIpc) is 3.40. The molecule has 6 nitrogen and oxygen atoms in total. The summed E-state index contributed by atoms with van der Waals surface area (Å²) in [5.41, 5.74) is 3.61. The van der Waals surface area contributed by atoms with Crippen molar-refractivity contribution < 1.29 is 9.21 Å². The molecule has 0 aliphatic heterocycles. The number of hydrogen-bond acceptors (Lipinski definition) is 5. The van der Waals surface area contributed by atoms with Crippen LogP contribution in [0, 0.1) is 6.92 Å². The number of hydrogen-bond donors (Lipinski definition) is 0. The van der Waals surface area contributed by atoms with E-state index >= 15 is 0 Å². The summed E-state index contributed by atoms with van der Waals surface area (Å²) in [6, 6.07) is 18.4. The van der Waals surface area contributed by atoms with Crippen molar-refractivity contribution >= 4 is 39.9 Å². The number of carbonyl (C=O) groups is 1. The number of pyridine rings is 1. The Balaban J connectivity index is 1.58. The Morgan fingerprint density at radius 2 is 1.84 bits per heavy atom. The lowest BCUT2D eigenvalue weighted by Gasteiger charge is -2.10. The van der Waals surface area contributed by atoms with Crippen molar-refractivity contribution in [1.29, 1.82) is 0 Å². The van der Waals surface area contributed by atoms with Gasteiger partial charge < -0.3 is 8.98 Å². The number of fused-ring (bicyclic) bond motifs is 1. The SMILES string of the molecule is Cc1c(C(=O)c2nnc(-c3ccccn3)o2)c2ccccc2n1Cc1ccc(Cl)cc1Cl. The van der Waals surface area contributed by atoms with E-state index in [1.165, 1.54) is 0 Å². The number of carbonyl (C=O) groups excluding carboxylic acids is 1. The van der Waals surface area contributed by atoms with E-state index in [1.807, 2.05) is 47.9 Å². The smallest absolute Gasteiger partial charge is 0.289 e. The van der Waals surface area contributed by atoms with Crippen molar-refractivity contribution in [2.45, 2.75) is 13.5 Å². The van der Waals surface area contributed by atoms with Crippen LogP contribution in [0.25, 0.3) is 22.5 Å². The van der Waals surface area contributed by atoms with E-state index in [-0.39, 0.29) is 17.6 Å². The number of benzene rings is 2. The molecule has 158 valence electrons. The van der Waals surface area contributed by atoms with E-state index in [4.69, 9.17) is 27.6 Å². The van der Waals surface area contributed by atoms with Crippen LogP contribution in [-0.4, -0.2) is 25.5 Å². The van der Waals surface area contributed by atoms with Crippen molar-refractivity contribution in [3.05, 3.63) is 99.6 Å². The van der Waals surface area contributed by atoms with E-state index in [1.54, 1.807) is 30.5 Å². The number of ketones is 1. The zero-order valence-corrected chi connectivity index (χ0v) is 18.4. The van der Waals surface area contributed by atoms with E-state index in [0.717, 1.165) is 22.2 Å². The Kier molecular flexibility index (Phi) is 5.25. The molecule has 0 aliphatic carbocycles. The molecule has 0 atom stereocenters. The van der Waals surface area contributed by atoms with Gasteiger partial charge in [-0.3, -0.25) is 9.78 Å². The highest BCUT2D eigenvalue weighted by molar-refractivity contribution is 6.35. The first-order valence-electron chi connectivity index (χ1n) is 9.84. The van der Waals surface area contributed by atoms with Crippen LogP contribution in [0.15, 0.2) is 71.3 Å². The topological polar surface area (TPSA) is 73.8 Å². The summed E-state index contributed by atoms with van der Waals surface area (Å²) >= 11 is 12.4. The maximum atomic E-state index is 13.4. The van der Waals surface area contributed by atoms with Crippen LogP contribution < -0.4 is 0 Å². The lowest BCUT2D eigenvalue weighted by molar-refractivity contribution is 0.100. The lowest BCUT2D eigenvalue weighted by atomic mass is 10.1. The fourth-order valence-electron chi connectivity index (χ4n) is 3.76. The van der Waals surface area contributed by atoms with Gasteiger partial charge in [0.05, 0.1) is 5.56 Å². The van der Waals surface area contributed by atoms with Crippen LogP contribution in [0.2, 0.25) is 10.0 Å². The Morgan fingerprint density at radius 1 is 1.03 bits per heavy atom. The van der Waals surface area contributed by atoms with E-state index in [2.05, 4.69) is 15.2 Å². The lowest BCUT2D eigenvalue weighted by Crippen LogP contribution is -2.07. The van der Waals surface area contributed by atoms with Gasteiger partial charge in [0.2, 0.25) is 0 Å². The summed E-state index contributed by atoms with van der Waals surface area (Å²) in [6.45, 7) is 2.38. The first-order valence-corrected chi connectivity index (χ1v) is 10.6. The zero-order valence-electron chi connectivity index (χ0n) is 16.9. The van der Waals surface area contributed by atoms with E-state index in [0.29, 0.717) is 27.8 Å². The van der Waals surface area contributed by atoms with E-state index in [9.17, 15) is 4.79 Å². The fraction of sp³-hybridized carbons (Fsp3) is 0.0833. The molecule has 2 aromatic carbocycles. The first kappa shape index (κ1) is 20.4. The molecule has 0 saturated heterocycles. The molecule has 5 aromatic rings. The minimum Gasteiger partial charge on any atom is -0.412 e. The average molecular weight is 463 g/mol. The largest absolute Gasteiger partial charge is 0.412 e. The third kappa shape index (κ3) is 3.57. The van der Waals surface area contributed by atoms with Gasteiger partial charge in [0.1, 0.15) is 5.69 Å². The Bertz CT molecular complexity index is 1460. The molecule has 0 radical (unpaired) electrons. The molecule has 0 fully saturated rings. The number of rotatable bonds is 5. The van der Waals surface area contributed by atoms with Gasteiger partial charge >= 0.3 is 0 Å². The first-order chi connectivity index (χ1) is 15.5. The van der Waals surface area contributed by atoms with E-state index < -0.39 is 0 Å². The molecule has 8 heteroatoms. The molecule has 0 aliphatic rings. The second-order valence-electron chi connectivity index (χ2n) is 7.26. The van der Waals surface area contributed by atoms with Crippen molar-refractivity contribution in [3.8, 4) is 11.6 Å². The highest BCUT2D eigenvalue weighted by Crippen LogP contribution is 2.31. The third-order valence-electron chi connectivity index (χ3n) is 5.30. The summed E-state index contributed by atoms with van der Waals surface area (Å²) in [4.78, 5) is 17.6. The molecule has 5 rings (SSSR count). The molecule has 0 unspecified atom stereocenters. The molecule has 0 N–H and O–H groups in total. The quantitative estimate of drug-likeness (QED) is 0.300. The molecule has 3 heterocycles. The number of halogens is 2. The molecule has 0 amide bonds. The minimum absolute atomic E-state index is 0.0822. The summed E-state index contributed by atoms with van der Waals surface area (Å²) in [5, 5.41) is 9.93. The molecular formula is C24H16Cl2N4O2.